The van der Waals surface area contributed by atoms with Crippen molar-refractivity contribution in [3.63, 3.8) is 0 Å². The van der Waals surface area contributed by atoms with Gasteiger partial charge in [-0.1, -0.05) is 99.1 Å². The van der Waals surface area contributed by atoms with Crippen LogP contribution in [0, 0.1) is 10.8 Å². The molecule has 3 aliphatic rings. The number of hydrogen-bond acceptors (Lipinski definition) is 4. The molecule has 2 saturated carbocycles. The van der Waals surface area contributed by atoms with Gasteiger partial charge in [-0.3, -0.25) is 0 Å². The van der Waals surface area contributed by atoms with E-state index in [1.165, 1.54) is 0 Å². The van der Waals surface area contributed by atoms with Crippen molar-refractivity contribution in [3.05, 3.63) is 100 Å². The van der Waals surface area contributed by atoms with Gasteiger partial charge in [0.25, 0.3) is 0 Å². The Morgan fingerprint density at radius 2 is 1.24 bits per heavy atom. The third kappa shape index (κ3) is 7.92. The maximum atomic E-state index is 10.9. The molecular formula is C38H54O4. The number of fused-ring (bicyclic) bond motifs is 1. The Morgan fingerprint density at radius 3 is 1.79 bits per heavy atom. The van der Waals surface area contributed by atoms with Crippen molar-refractivity contribution < 1.29 is 20.1 Å². The molecule has 3 fully saturated rings. The van der Waals surface area contributed by atoms with Crippen LogP contribution < -0.4 is 0 Å². The Hall–Kier alpha value is -2.46. The fourth-order valence-corrected chi connectivity index (χ4v) is 7.10. The second-order valence-corrected chi connectivity index (χ2v) is 14.6. The highest BCUT2D eigenvalue weighted by Crippen LogP contribution is 2.66. The zero-order valence-corrected chi connectivity index (χ0v) is 27.6. The molecule has 1 heterocycles. The first-order chi connectivity index (χ1) is 19.3. The molecule has 3 N–H and O–H groups in total. The summed E-state index contributed by atoms with van der Waals surface area (Å²) in [4.78, 5) is 0. The summed E-state index contributed by atoms with van der Waals surface area (Å²) >= 11 is 0. The number of aliphatic hydroxyl groups is 3. The van der Waals surface area contributed by atoms with E-state index >= 15 is 0 Å². The zero-order valence-electron chi connectivity index (χ0n) is 27.6. The van der Waals surface area contributed by atoms with E-state index in [4.69, 9.17) is 4.74 Å². The van der Waals surface area contributed by atoms with Crippen LogP contribution in [0.2, 0.25) is 0 Å². The van der Waals surface area contributed by atoms with E-state index in [2.05, 4.69) is 110 Å². The summed E-state index contributed by atoms with van der Waals surface area (Å²) in [6.45, 7) is 20.6. The van der Waals surface area contributed by atoms with E-state index in [0.29, 0.717) is 19.3 Å². The van der Waals surface area contributed by atoms with Crippen molar-refractivity contribution in [2.45, 2.75) is 124 Å². The van der Waals surface area contributed by atoms with E-state index in [0.717, 1.165) is 34.3 Å². The predicted molar refractivity (Wildman–Crippen MR) is 175 cm³/mol. The highest BCUT2D eigenvalue weighted by atomic mass is 16.6. The second kappa shape index (κ2) is 12.6. The normalized spacial score (nSPS) is 35.6. The number of allylic oxidation sites excluding steroid dienone is 13. The molecule has 230 valence electrons. The van der Waals surface area contributed by atoms with Gasteiger partial charge in [0.15, 0.2) is 0 Å². The van der Waals surface area contributed by atoms with Gasteiger partial charge in [0.1, 0.15) is 11.2 Å². The first-order valence-corrected chi connectivity index (χ1v) is 15.3. The van der Waals surface area contributed by atoms with E-state index in [-0.39, 0.29) is 28.1 Å². The van der Waals surface area contributed by atoms with E-state index in [9.17, 15) is 15.3 Å². The van der Waals surface area contributed by atoms with E-state index in [1.54, 1.807) is 6.92 Å². The standard InChI is InChI=1S/C38H54O4/c1-27(13-11-15-29(3)19-20-33-34(5,6)23-31(39)25-36(33,9)41)17-18-28(2)14-12-16-30(4)21-22-38-35(7,8)24-32(40)26-37(38,10)42-38/h11-19,21-22,31-32,39-41H,23-26H2,1-10H3/b13-11+,14-12+,22-21+,27-17+,28-18+,29-15+,30-16+/t20?,31-,32-,36+,37+,38+/m0/s1. The lowest BCUT2D eigenvalue weighted by Gasteiger charge is -2.43. The third-order valence-electron chi connectivity index (χ3n) is 9.17. The van der Waals surface area contributed by atoms with Crippen LogP contribution in [-0.2, 0) is 4.74 Å². The third-order valence-corrected chi connectivity index (χ3v) is 9.17. The van der Waals surface area contributed by atoms with Gasteiger partial charge in [0.2, 0.25) is 0 Å². The first kappa shape index (κ1) is 34.0. The predicted octanol–water partition coefficient (Wildman–Crippen LogP) is 8.16. The molecule has 0 amide bonds. The monoisotopic (exact) mass is 574 g/mol. The molecule has 0 aromatic carbocycles. The summed E-state index contributed by atoms with van der Waals surface area (Å²) < 4.78 is 6.24. The summed E-state index contributed by atoms with van der Waals surface area (Å²) in [6, 6.07) is 0. The van der Waals surface area contributed by atoms with Gasteiger partial charge in [-0.25, -0.2) is 0 Å². The van der Waals surface area contributed by atoms with E-state index in [1.807, 2.05) is 25.2 Å². The first-order valence-electron chi connectivity index (χ1n) is 15.3. The van der Waals surface area contributed by atoms with Crippen LogP contribution in [0.1, 0.15) is 94.9 Å². The Balaban J connectivity index is 1.58. The van der Waals surface area contributed by atoms with Crippen molar-refractivity contribution in [2.24, 2.45) is 10.8 Å². The van der Waals surface area contributed by atoms with Crippen molar-refractivity contribution in [1.29, 1.82) is 0 Å². The fraction of sp³-hybridized carbons (Fsp3) is 0.553. The molecule has 1 saturated heterocycles. The summed E-state index contributed by atoms with van der Waals surface area (Å²) in [5.41, 5.74) is 6.63. The quantitative estimate of drug-likeness (QED) is 0.155. The Bertz CT molecular complexity index is 1280. The second-order valence-electron chi connectivity index (χ2n) is 14.6. The van der Waals surface area contributed by atoms with Crippen LogP contribution in [0.3, 0.4) is 0 Å². The van der Waals surface area contributed by atoms with Gasteiger partial charge in [0.05, 0.1) is 17.8 Å². The molecule has 0 bridgehead atoms. The number of aliphatic hydroxyl groups excluding tert-OH is 2. The average molecular weight is 575 g/mol. The molecule has 4 nitrogen and oxygen atoms in total. The zero-order chi connectivity index (χ0) is 31.6. The molecule has 0 aromatic rings. The van der Waals surface area contributed by atoms with Crippen LogP contribution in [-0.4, -0.2) is 44.3 Å². The minimum absolute atomic E-state index is 0.105. The summed E-state index contributed by atoms with van der Waals surface area (Å²) in [7, 11) is 0. The fourth-order valence-electron chi connectivity index (χ4n) is 7.10. The molecule has 3 rings (SSSR count). The van der Waals surface area contributed by atoms with Crippen LogP contribution >= 0.6 is 0 Å². The van der Waals surface area contributed by atoms with Crippen molar-refractivity contribution >= 4 is 0 Å². The van der Waals surface area contributed by atoms with Crippen LogP contribution in [0.15, 0.2) is 100 Å². The highest BCUT2D eigenvalue weighted by Gasteiger charge is 2.74. The maximum absolute atomic E-state index is 10.9. The van der Waals surface area contributed by atoms with Gasteiger partial charge in [-0.15, -0.1) is 5.73 Å². The Kier molecular flexibility index (Phi) is 10.2. The average Bonchev–Trinajstić information content (AvgIpc) is 3.45. The van der Waals surface area contributed by atoms with Crippen LogP contribution in [0.4, 0.5) is 0 Å². The van der Waals surface area contributed by atoms with Crippen molar-refractivity contribution in [3.8, 4) is 0 Å². The van der Waals surface area contributed by atoms with Crippen LogP contribution in [0.5, 0.6) is 0 Å². The molecule has 0 spiro atoms. The van der Waals surface area contributed by atoms with Gasteiger partial charge in [-0.05, 0) is 77.5 Å². The lowest BCUT2D eigenvalue weighted by molar-refractivity contribution is -0.0268. The lowest BCUT2D eigenvalue weighted by Crippen LogP contribution is -2.46. The molecule has 5 atom stereocenters. The molecule has 0 unspecified atom stereocenters. The SMILES string of the molecule is C\C(C=C=C1C(C)(C)C[C@H](O)C[C@@]1(C)O)=C/C=C/C(C)=C/C=C(C)/C=C/C=C(C)/C=C/[C@]12O[C@]1(C)C[C@@H](O)CC2(C)C. The number of hydrogen-bond donors (Lipinski definition) is 3. The lowest BCUT2D eigenvalue weighted by atomic mass is 9.63. The molecular weight excluding hydrogens is 520 g/mol. The molecule has 42 heavy (non-hydrogen) atoms. The largest absolute Gasteiger partial charge is 0.393 e. The molecule has 2 aliphatic carbocycles. The number of rotatable bonds is 8. The van der Waals surface area contributed by atoms with Crippen molar-refractivity contribution in [1.82, 2.24) is 0 Å². The number of epoxide rings is 1. The molecule has 0 radical (unpaired) electrons. The van der Waals surface area contributed by atoms with Gasteiger partial charge in [-0.2, -0.15) is 0 Å². The highest BCUT2D eigenvalue weighted by molar-refractivity contribution is 5.37. The molecule has 0 aromatic heterocycles. The van der Waals surface area contributed by atoms with Crippen LogP contribution in [0.25, 0.3) is 0 Å². The molecule has 4 heteroatoms. The van der Waals surface area contributed by atoms with Gasteiger partial charge >= 0.3 is 0 Å². The number of ether oxygens (including phenoxy) is 1. The Labute approximate surface area is 255 Å². The minimum Gasteiger partial charge on any atom is -0.393 e. The minimum atomic E-state index is -1.05. The van der Waals surface area contributed by atoms with Gasteiger partial charge < -0.3 is 20.1 Å². The molecule has 1 aliphatic heterocycles. The topological polar surface area (TPSA) is 73.2 Å². The summed E-state index contributed by atoms with van der Waals surface area (Å²) in [6.07, 6.45) is 24.5. The maximum Gasteiger partial charge on any atom is 0.121 e. The smallest absolute Gasteiger partial charge is 0.121 e. The van der Waals surface area contributed by atoms with Crippen molar-refractivity contribution in [2.75, 3.05) is 0 Å². The summed E-state index contributed by atoms with van der Waals surface area (Å²) in [5.74, 6) is 0. The Morgan fingerprint density at radius 1 is 0.714 bits per heavy atom. The van der Waals surface area contributed by atoms with E-state index < -0.39 is 11.7 Å². The van der Waals surface area contributed by atoms with Gasteiger partial charge in [0, 0.05) is 23.8 Å². The summed E-state index contributed by atoms with van der Waals surface area (Å²) in [5, 5.41) is 31.2.